The number of aryl methyl sites for hydroxylation is 4. The lowest BCUT2D eigenvalue weighted by molar-refractivity contribution is -0.121. The number of benzene rings is 7. The smallest absolute Gasteiger partial charge is 0.259 e. The highest BCUT2D eigenvalue weighted by molar-refractivity contribution is 7.81. The van der Waals surface area contributed by atoms with Crippen LogP contribution in [-0.2, 0) is 28.7 Å². The van der Waals surface area contributed by atoms with Gasteiger partial charge in [0.2, 0.25) is 5.88 Å². The van der Waals surface area contributed by atoms with Crippen molar-refractivity contribution in [1.29, 1.82) is 0 Å². The van der Waals surface area contributed by atoms with Gasteiger partial charge in [-0.15, -0.1) is 0 Å². The number of rotatable bonds is 19. The first-order valence-electron chi connectivity index (χ1n) is 39.4. The van der Waals surface area contributed by atoms with Crippen LogP contribution in [0.3, 0.4) is 0 Å². The molecular weight excluding hydrogens is 1630 g/mol. The molecule has 31 heteroatoms. The van der Waals surface area contributed by atoms with E-state index in [0.717, 1.165) is 52.2 Å². The Hall–Kier alpha value is -12.0. The lowest BCUT2D eigenvalue weighted by Gasteiger charge is -2.29. The number of carbonyl (C=O) groups is 4. The van der Waals surface area contributed by atoms with E-state index < -0.39 is 52.7 Å². The molecule has 8 aromatic rings. The number of aliphatic hydroxyl groups is 3. The van der Waals surface area contributed by atoms with Gasteiger partial charge in [-0.25, -0.2) is 24.4 Å². The Morgan fingerprint density at radius 3 is 0.984 bits per heavy atom. The van der Waals surface area contributed by atoms with Crippen molar-refractivity contribution in [2.24, 2.45) is 5.73 Å². The number of nitrogens with two attached hydrogens (primary N) is 1. The highest BCUT2D eigenvalue weighted by Gasteiger charge is 2.54. The van der Waals surface area contributed by atoms with E-state index in [-0.39, 0.29) is 49.0 Å². The summed E-state index contributed by atoms with van der Waals surface area (Å²) in [6.07, 6.45) is 1.64. The number of nitrogens with zero attached hydrogens (tertiary/aromatic N) is 13. The van der Waals surface area contributed by atoms with Crippen molar-refractivity contribution in [1.82, 2.24) is 4.98 Å². The molecule has 0 radical (unpaired) electrons. The van der Waals surface area contributed by atoms with E-state index in [4.69, 9.17) is 109 Å². The highest BCUT2D eigenvalue weighted by Crippen LogP contribution is 2.44. The Kier molecular flexibility index (Phi) is 26.4. The van der Waals surface area contributed by atoms with Crippen molar-refractivity contribution in [3.05, 3.63) is 232 Å². The predicted molar refractivity (Wildman–Crippen MR) is 486 cm³/mol. The van der Waals surface area contributed by atoms with Gasteiger partial charge in [0, 0.05) is 45.9 Å². The molecule has 27 nitrogen and oxygen atoms in total. The molecule has 15 rings (SSSR count). The summed E-state index contributed by atoms with van der Waals surface area (Å²) in [7, 11) is 0. The largest absolute Gasteiger partial charge is 0.491 e. The van der Waals surface area contributed by atoms with Crippen molar-refractivity contribution in [2.75, 3.05) is 78.8 Å². The van der Waals surface area contributed by atoms with Gasteiger partial charge in [0.05, 0.1) is 76.2 Å². The van der Waals surface area contributed by atoms with Crippen molar-refractivity contribution in [3.63, 3.8) is 0 Å². The lowest BCUT2D eigenvalue weighted by Crippen LogP contribution is -2.44. The molecular formula is C91H94N14O13S4. The number of hydrogen-bond acceptors (Lipinski definition) is 19. The monoisotopic (exact) mass is 1720 g/mol. The highest BCUT2D eigenvalue weighted by atomic mass is 32.1. The van der Waals surface area contributed by atoms with Gasteiger partial charge in [0.15, 0.2) is 43.2 Å². The molecule has 630 valence electrons. The molecule has 122 heavy (non-hydrogen) atoms. The van der Waals surface area contributed by atoms with Crippen LogP contribution in [0.15, 0.2) is 164 Å². The molecule has 7 aliphatic rings. The second kappa shape index (κ2) is 36.0. The third kappa shape index (κ3) is 18.0. The molecule has 5 atom stereocenters. The van der Waals surface area contributed by atoms with Crippen LogP contribution in [0.1, 0.15) is 104 Å². The van der Waals surface area contributed by atoms with E-state index in [1.807, 2.05) is 171 Å². The van der Waals surface area contributed by atoms with Crippen LogP contribution in [0.2, 0.25) is 0 Å². The zero-order valence-electron chi connectivity index (χ0n) is 69.8. The van der Waals surface area contributed by atoms with Crippen LogP contribution in [0.4, 0.5) is 68.2 Å². The number of aromatic nitrogens is 1. The fourth-order valence-corrected chi connectivity index (χ4v) is 16.6. The van der Waals surface area contributed by atoms with Crippen molar-refractivity contribution < 1.29 is 62.9 Å². The van der Waals surface area contributed by atoms with Crippen LogP contribution in [0, 0.1) is 54.0 Å². The van der Waals surface area contributed by atoms with Crippen LogP contribution < -0.4 is 63.9 Å². The van der Waals surface area contributed by atoms with Gasteiger partial charge < -0.3 is 69.1 Å². The van der Waals surface area contributed by atoms with Gasteiger partial charge in [-0.3, -0.25) is 38.8 Å². The van der Waals surface area contributed by atoms with E-state index in [1.165, 1.54) is 19.6 Å². The molecule has 0 spiro atoms. The minimum Gasteiger partial charge on any atom is -0.491 e. The fraction of sp³-hybridized carbons (Fsp3) is 0.352. The van der Waals surface area contributed by atoms with Gasteiger partial charge >= 0.3 is 0 Å². The molecule has 4 amide bonds. The third-order valence-corrected chi connectivity index (χ3v) is 23.5. The van der Waals surface area contributed by atoms with E-state index in [2.05, 4.69) is 24.4 Å². The summed E-state index contributed by atoms with van der Waals surface area (Å²) in [4.78, 5) is 84.7. The van der Waals surface area contributed by atoms with Crippen LogP contribution >= 0.6 is 48.9 Å². The summed E-state index contributed by atoms with van der Waals surface area (Å²) in [5.74, 6) is 1.80. The Bertz CT molecular complexity index is 5430. The van der Waals surface area contributed by atoms with E-state index in [9.17, 15) is 34.5 Å². The molecule has 6 aliphatic heterocycles. The zero-order valence-corrected chi connectivity index (χ0v) is 73.1. The number of pyridine rings is 1. The molecule has 7 heterocycles. The predicted octanol–water partition coefficient (Wildman–Crippen LogP) is 15.5. The maximum atomic E-state index is 13.3. The van der Waals surface area contributed by atoms with Crippen LogP contribution in [-0.4, -0.2) is 162 Å². The fourth-order valence-electron chi connectivity index (χ4n) is 14.5. The summed E-state index contributed by atoms with van der Waals surface area (Å²) < 4.78 is 33.3. The van der Waals surface area contributed by atoms with E-state index >= 15 is 0 Å². The maximum absolute atomic E-state index is 13.3. The summed E-state index contributed by atoms with van der Waals surface area (Å²) in [6.45, 7) is 54.7. The standard InChI is InChI=1S/2C23H23N3O4S.C23H25N3O3S.C22H23N5O2S/c2*1-14-11-16(7-10-18(14)24-4)25-21(28)23(2,3)26(22(25)31)15-5-8-17(9-6-15)30-20-13-29-12-19(20)27;1-6-18(27)14-29-19-10-7-16(8-11-19)26-22(30)25(21(28)23(26,3)4)17-9-12-20(24-5)15(2)13-17;1-14-11-15(5-7-17(14)24-4)26-19(28)21(2,3)27(20(26)30)16-6-8-18(25-12-16)29-13-22(23)9-10-22/h2*5-11,19-20,27H,12-13H2,1-3H3;7-13,18,27H,6,14H2,1-4H3;5-8,11-12H,9-10,13,23H2,1-3H3/t2*19-,20-;18-;/m101./s1. The lowest BCUT2D eigenvalue weighted by atomic mass is 10.0. The first-order valence-corrected chi connectivity index (χ1v) is 41.0. The number of amides is 4. The summed E-state index contributed by atoms with van der Waals surface area (Å²) in [5.41, 5.74) is 13.3. The number of hydrogen-bond donors (Lipinski definition) is 4. The zero-order chi connectivity index (χ0) is 88.4. The van der Waals surface area contributed by atoms with Crippen LogP contribution in [0.5, 0.6) is 23.1 Å². The minimum atomic E-state index is -0.888. The maximum Gasteiger partial charge on any atom is 0.259 e. The molecule has 5 N–H and O–H groups in total. The third-order valence-electron chi connectivity index (χ3n) is 22.1. The molecule has 1 saturated carbocycles. The van der Waals surface area contributed by atoms with E-state index in [1.54, 1.807) is 102 Å². The second-order valence-corrected chi connectivity index (χ2v) is 33.9. The molecule has 6 saturated heterocycles. The minimum absolute atomic E-state index is 0.131. The Morgan fingerprint density at radius 2 is 0.730 bits per heavy atom. The average Bonchev–Trinajstić information content (AvgIpc) is 1.60. The van der Waals surface area contributed by atoms with Gasteiger partial charge in [0.1, 0.15) is 77.0 Å². The SMILES string of the molecule is [C-]#[N+]c1ccc(N2C(=O)C(C)(C)N(c3ccc(OCC4(N)CC4)nc3)C2=S)cc1C.[C-]#[N+]c1ccc(N2C(=O)C(C)(C)N(c3ccc(OC[C@H](O)CC)cc3)C2=S)cc1C.[C-]#[N+]c1ccc(N2C(=O)C(C)(C)N(c3ccc(O[C@@H]4COC[C@H]4O)cc3)C2=S)cc1C.[C-]#[N+]c1ccc(N2C(=O)C(C)(C)N(c3ccc(O[C@H]4COC[C@@H]4O)cc3)C2=S)cc1C. The molecule has 0 bridgehead atoms. The Labute approximate surface area is 731 Å². The first kappa shape index (κ1) is 89.3. The topological polar surface area (TPSA) is 267 Å². The van der Waals surface area contributed by atoms with Crippen LogP contribution in [0.25, 0.3) is 19.4 Å². The number of anilines is 8. The Balaban J connectivity index is 0.000000149. The van der Waals surface area contributed by atoms with Crippen molar-refractivity contribution >= 4 is 161 Å². The quantitative estimate of drug-likeness (QED) is 0.0433. The summed E-state index contributed by atoms with van der Waals surface area (Å²) >= 11 is 22.8. The summed E-state index contributed by atoms with van der Waals surface area (Å²) in [5, 5.41) is 30.9. The summed E-state index contributed by atoms with van der Waals surface area (Å²) in [6, 6.07) is 46.5. The van der Waals surface area contributed by atoms with Crippen molar-refractivity contribution in [2.45, 2.75) is 167 Å². The molecule has 7 aromatic carbocycles. The van der Waals surface area contributed by atoms with Gasteiger partial charge in [0.25, 0.3) is 23.6 Å². The first-order chi connectivity index (χ1) is 57.8. The normalized spacial score (nSPS) is 20.3. The Morgan fingerprint density at radius 1 is 0.443 bits per heavy atom. The van der Waals surface area contributed by atoms with Gasteiger partial charge in [-0.05, 0) is 301 Å². The molecule has 1 aliphatic carbocycles. The van der Waals surface area contributed by atoms with E-state index in [0.29, 0.717) is 121 Å². The number of aliphatic hydroxyl groups excluding tert-OH is 3. The molecule has 7 fully saturated rings. The molecule has 1 aromatic heterocycles. The molecule has 0 unspecified atom stereocenters. The van der Waals surface area contributed by atoms with Gasteiger partial charge in [-0.2, -0.15) is 0 Å². The second-order valence-electron chi connectivity index (χ2n) is 32.5. The number of thiocarbonyl (C=S) groups is 4. The average molecular weight is 1720 g/mol. The van der Waals surface area contributed by atoms with Crippen molar-refractivity contribution in [3.8, 4) is 23.1 Å². The number of ether oxygens (including phenoxy) is 6. The number of carbonyl (C=O) groups excluding carboxylic acids is 4. The van der Waals surface area contributed by atoms with Gasteiger partial charge in [-0.1, -0.05) is 31.2 Å².